The molecule has 94 valence electrons. The molecule has 2 aliphatic rings. The van der Waals surface area contributed by atoms with E-state index >= 15 is 0 Å². The van der Waals surface area contributed by atoms with E-state index in [9.17, 15) is 5.11 Å². The number of nitrogens with one attached hydrogen (secondary N) is 1. The van der Waals surface area contributed by atoms with Crippen LogP contribution < -0.4 is 5.32 Å². The zero-order valence-corrected chi connectivity index (χ0v) is 10.2. The van der Waals surface area contributed by atoms with Crippen molar-refractivity contribution in [2.75, 3.05) is 39.4 Å². The first kappa shape index (κ1) is 12.3. The van der Waals surface area contributed by atoms with E-state index in [1.54, 1.807) is 0 Å². The lowest BCUT2D eigenvalue weighted by molar-refractivity contribution is 0.0293. The molecule has 0 spiro atoms. The first-order chi connectivity index (χ1) is 7.74. The van der Waals surface area contributed by atoms with Crippen LogP contribution in [-0.2, 0) is 4.74 Å². The molecule has 1 aliphatic carbocycles. The fourth-order valence-electron chi connectivity index (χ4n) is 2.47. The highest BCUT2D eigenvalue weighted by Crippen LogP contribution is 2.26. The van der Waals surface area contributed by atoms with Crippen LogP contribution in [0.2, 0.25) is 0 Å². The average Bonchev–Trinajstić information content (AvgIpc) is 2.24. The summed E-state index contributed by atoms with van der Waals surface area (Å²) in [5, 5.41) is 12.8. The summed E-state index contributed by atoms with van der Waals surface area (Å²) in [5.41, 5.74) is 0. The molecule has 0 aromatic rings. The number of rotatable bonds is 5. The molecule has 2 rings (SSSR count). The Morgan fingerprint density at radius 3 is 2.69 bits per heavy atom. The van der Waals surface area contributed by atoms with E-state index in [1.807, 2.05) is 0 Å². The molecule has 0 aromatic heterocycles. The van der Waals surface area contributed by atoms with Crippen LogP contribution >= 0.6 is 0 Å². The van der Waals surface area contributed by atoms with Gasteiger partial charge >= 0.3 is 0 Å². The quantitative estimate of drug-likeness (QED) is 0.699. The molecular weight excluding hydrogens is 204 g/mol. The Labute approximate surface area is 98.0 Å². The first-order valence-corrected chi connectivity index (χ1v) is 6.45. The third kappa shape index (κ3) is 3.70. The molecule has 1 heterocycles. The number of ether oxygens (including phenoxy) is 1. The van der Waals surface area contributed by atoms with Crippen LogP contribution in [0.15, 0.2) is 0 Å². The van der Waals surface area contributed by atoms with Crippen LogP contribution in [0.3, 0.4) is 0 Å². The molecule has 1 saturated heterocycles. The van der Waals surface area contributed by atoms with Crippen molar-refractivity contribution >= 4 is 0 Å². The minimum Gasteiger partial charge on any atom is -0.393 e. The Hall–Kier alpha value is -0.160. The lowest BCUT2D eigenvalue weighted by atomic mass is 9.82. The Morgan fingerprint density at radius 1 is 1.38 bits per heavy atom. The van der Waals surface area contributed by atoms with Crippen molar-refractivity contribution < 1.29 is 9.84 Å². The topological polar surface area (TPSA) is 44.7 Å². The van der Waals surface area contributed by atoms with E-state index in [4.69, 9.17) is 4.74 Å². The second kappa shape index (κ2) is 5.96. The smallest absolute Gasteiger partial charge is 0.0594 e. The van der Waals surface area contributed by atoms with Gasteiger partial charge in [-0.05, 0) is 32.2 Å². The highest BCUT2D eigenvalue weighted by molar-refractivity contribution is 4.81. The molecule has 16 heavy (non-hydrogen) atoms. The van der Waals surface area contributed by atoms with Crippen molar-refractivity contribution in [3.63, 3.8) is 0 Å². The number of hydrogen-bond acceptors (Lipinski definition) is 4. The van der Waals surface area contributed by atoms with Gasteiger partial charge in [0.05, 0.1) is 19.3 Å². The van der Waals surface area contributed by atoms with Gasteiger partial charge in [0.15, 0.2) is 0 Å². The zero-order valence-electron chi connectivity index (χ0n) is 10.2. The van der Waals surface area contributed by atoms with Gasteiger partial charge in [-0.3, -0.25) is 4.90 Å². The molecule has 2 N–H and O–H groups in total. The van der Waals surface area contributed by atoms with E-state index < -0.39 is 0 Å². The Bertz CT molecular complexity index is 201. The van der Waals surface area contributed by atoms with Crippen molar-refractivity contribution in [3.05, 3.63) is 0 Å². The lowest BCUT2D eigenvalue weighted by Crippen LogP contribution is -2.46. The maximum absolute atomic E-state index is 9.19. The Balaban J connectivity index is 1.55. The van der Waals surface area contributed by atoms with Crippen LogP contribution in [0, 0.1) is 5.92 Å². The van der Waals surface area contributed by atoms with Gasteiger partial charge in [0, 0.05) is 25.7 Å². The molecule has 0 radical (unpaired) electrons. The predicted octanol–water partition coefficient (Wildman–Crippen LogP) is 0.0676. The average molecular weight is 228 g/mol. The Kier molecular flexibility index (Phi) is 4.58. The summed E-state index contributed by atoms with van der Waals surface area (Å²) in [4.78, 5) is 2.46. The van der Waals surface area contributed by atoms with E-state index in [0.29, 0.717) is 12.0 Å². The van der Waals surface area contributed by atoms with E-state index in [1.165, 1.54) is 0 Å². The molecule has 2 fully saturated rings. The maximum Gasteiger partial charge on any atom is 0.0594 e. The first-order valence-electron chi connectivity index (χ1n) is 6.45. The van der Waals surface area contributed by atoms with Crippen molar-refractivity contribution in [3.8, 4) is 0 Å². The minimum atomic E-state index is -0.0265. The molecule has 0 aromatic carbocycles. The lowest BCUT2D eigenvalue weighted by Gasteiger charge is -2.34. The number of morpholine rings is 1. The summed E-state index contributed by atoms with van der Waals surface area (Å²) in [5.74, 6) is 0.696. The van der Waals surface area contributed by atoms with Gasteiger partial charge in [0.25, 0.3) is 0 Å². The van der Waals surface area contributed by atoms with Crippen LogP contribution in [0.5, 0.6) is 0 Å². The monoisotopic (exact) mass is 228 g/mol. The van der Waals surface area contributed by atoms with E-state index in [2.05, 4.69) is 17.1 Å². The van der Waals surface area contributed by atoms with Crippen molar-refractivity contribution in [1.82, 2.24) is 10.2 Å². The third-order valence-electron chi connectivity index (χ3n) is 3.60. The van der Waals surface area contributed by atoms with Gasteiger partial charge in [-0.15, -0.1) is 0 Å². The molecule has 1 atom stereocenters. The van der Waals surface area contributed by atoms with Crippen LogP contribution in [-0.4, -0.2) is 61.5 Å². The normalized spacial score (nSPS) is 33.4. The molecular formula is C12H24N2O2. The maximum atomic E-state index is 9.19. The van der Waals surface area contributed by atoms with Gasteiger partial charge in [0.1, 0.15) is 0 Å². The Morgan fingerprint density at radius 2 is 2.06 bits per heavy atom. The van der Waals surface area contributed by atoms with Crippen molar-refractivity contribution in [1.29, 1.82) is 0 Å². The third-order valence-corrected chi connectivity index (χ3v) is 3.60. The van der Waals surface area contributed by atoms with Crippen molar-refractivity contribution in [2.45, 2.75) is 31.9 Å². The predicted molar refractivity (Wildman–Crippen MR) is 63.5 cm³/mol. The summed E-state index contributed by atoms with van der Waals surface area (Å²) >= 11 is 0. The fraction of sp³-hybridized carbons (Fsp3) is 1.00. The molecule has 1 unspecified atom stereocenters. The SMILES string of the molecule is CC(CN1CCOCC1)NCC1CC(O)C1. The number of nitrogens with zero attached hydrogens (tertiary/aromatic N) is 1. The van der Waals surface area contributed by atoms with Gasteiger partial charge in [0.2, 0.25) is 0 Å². The summed E-state index contributed by atoms with van der Waals surface area (Å²) in [6.07, 6.45) is 1.94. The molecule has 4 heteroatoms. The van der Waals surface area contributed by atoms with Crippen LogP contribution in [0.1, 0.15) is 19.8 Å². The molecule has 1 saturated carbocycles. The van der Waals surface area contributed by atoms with E-state index in [0.717, 1.165) is 52.2 Å². The zero-order chi connectivity index (χ0) is 11.4. The van der Waals surface area contributed by atoms with Gasteiger partial charge in [-0.25, -0.2) is 0 Å². The van der Waals surface area contributed by atoms with Gasteiger partial charge in [-0.1, -0.05) is 0 Å². The highest BCUT2D eigenvalue weighted by Gasteiger charge is 2.27. The van der Waals surface area contributed by atoms with Crippen LogP contribution in [0.4, 0.5) is 0 Å². The molecule has 0 amide bonds. The summed E-state index contributed by atoms with van der Waals surface area (Å²) in [7, 11) is 0. The number of hydrogen-bond donors (Lipinski definition) is 2. The minimum absolute atomic E-state index is 0.0265. The molecule has 0 bridgehead atoms. The second-order valence-corrected chi connectivity index (χ2v) is 5.21. The van der Waals surface area contributed by atoms with Crippen molar-refractivity contribution in [2.24, 2.45) is 5.92 Å². The summed E-state index contributed by atoms with van der Waals surface area (Å²) < 4.78 is 5.33. The van der Waals surface area contributed by atoms with E-state index in [-0.39, 0.29) is 6.10 Å². The number of aliphatic hydroxyl groups excluding tert-OH is 1. The highest BCUT2D eigenvalue weighted by atomic mass is 16.5. The summed E-state index contributed by atoms with van der Waals surface area (Å²) in [6, 6.07) is 0.538. The fourth-order valence-corrected chi connectivity index (χ4v) is 2.47. The molecule has 4 nitrogen and oxygen atoms in total. The largest absolute Gasteiger partial charge is 0.393 e. The standard InChI is InChI=1S/C12H24N2O2/c1-10(9-14-2-4-16-5-3-14)13-8-11-6-12(15)7-11/h10-13,15H,2-9H2,1H3. The van der Waals surface area contributed by atoms with Crippen LogP contribution in [0.25, 0.3) is 0 Å². The molecule has 1 aliphatic heterocycles. The second-order valence-electron chi connectivity index (χ2n) is 5.21. The van der Waals surface area contributed by atoms with Gasteiger partial charge in [-0.2, -0.15) is 0 Å². The summed E-state index contributed by atoms with van der Waals surface area (Å²) in [6.45, 7) is 8.29. The van der Waals surface area contributed by atoms with Gasteiger partial charge < -0.3 is 15.2 Å². The number of aliphatic hydroxyl groups is 1.